The van der Waals surface area contributed by atoms with E-state index in [1.807, 2.05) is 12.1 Å². The number of cyclic esters (lactones) is 1. The summed E-state index contributed by atoms with van der Waals surface area (Å²) in [6.07, 6.45) is 2.89. The Hall–Kier alpha value is -2.97. The summed E-state index contributed by atoms with van der Waals surface area (Å²) in [5, 5.41) is 0. The minimum Gasteiger partial charge on any atom is -0.457 e. The standard InChI is InChI=1S/C21H11Br2NO5/c22-14-5-3-12(4-6-14)19-24-16(20(25)29-19)11-13-10-15(23)7-8-17(13)28-21(26)18-2-1-9-27-18/h1-11H/b16-11+. The summed E-state index contributed by atoms with van der Waals surface area (Å²) in [5.41, 5.74) is 1.24. The highest BCUT2D eigenvalue weighted by molar-refractivity contribution is 9.10. The maximum Gasteiger partial charge on any atom is 0.379 e. The molecule has 144 valence electrons. The normalized spacial score (nSPS) is 14.6. The first-order valence-electron chi connectivity index (χ1n) is 8.33. The summed E-state index contributed by atoms with van der Waals surface area (Å²) in [6.45, 7) is 0. The van der Waals surface area contributed by atoms with Gasteiger partial charge in [-0.05, 0) is 60.7 Å². The molecule has 0 saturated heterocycles. The van der Waals surface area contributed by atoms with E-state index in [1.165, 1.54) is 18.4 Å². The van der Waals surface area contributed by atoms with E-state index in [1.54, 1.807) is 36.4 Å². The van der Waals surface area contributed by atoms with E-state index in [0.717, 1.165) is 8.95 Å². The number of benzene rings is 2. The number of esters is 2. The highest BCUT2D eigenvalue weighted by Crippen LogP contribution is 2.28. The van der Waals surface area contributed by atoms with Gasteiger partial charge in [-0.25, -0.2) is 14.6 Å². The first-order valence-corrected chi connectivity index (χ1v) is 9.92. The lowest BCUT2D eigenvalue weighted by Crippen LogP contribution is -2.08. The van der Waals surface area contributed by atoms with Crippen molar-refractivity contribution in [3.05, 3.63) is 92.4 Å². The van der Waals surface area contributed by atoms with Crippen LogP contribution in [-0.2, 0) is 9.53 Å². The van der Waals surface area contributed by atoms with E-state index in [4.69, 9.17) is 13.9 Å². The van der Waals surface area contributed by atoms with Crippen LogP contribution < -0.4 is 4.74 Å². The van der Waals surface area contributed by atoms with Gasteiger partial charge in [0, 0.05) is 20.1 Å². The smallest absolute Gasteiger partial charge is 0.379 e. The lowest BCUT2D eigenvalue weighted by Gasteiger charge is -2.07. The van der Waals surface area contributed by atoms with Crippen LogP contribution in [-0.4, -0.2) is 17.8 Å². The molecule has 0 spiro atoms. The van der Waals surface area contributed by atoms with Crippen molar-refractivity contribution in [3.63, 3.8) is 0 Å². The van der Waals surface area contributed by atoms with Gasteiger partial charge in [-0.1, -0.05) is 31.9 Å². The van der Waals surface area contributed by atoms with Gasteiger partial charge in [0.2, 0.25) is 11.7 Å². The van der Waals surface area contributed by atoms with Gasteiger partial charge in [-0.3, -0.25) is 0 Å². The van der Waals surface area contributed by atoms with Gasteiger partial charge in [0.1, 0.15) is 5.75 Å². The van der Waals surface area contributed by atoms with Gasteiger partial charge in [-0.15, -0.1) is 0 Å². The molecule has 0 unspecified atom stereocenters. The van der Waals surface area contributed by atoms with Crippen LogP contribution in [0.4, 0.5) is 0 Å². The molecule has 0 N–H and O–H groups in total. The van der Waals surface area contributed by atoms with Crippen LogP contribution in [0.2, 0.25) is 0 Å². The average Bonchev–Trinajstić information content (AvgIpc) is 3.35. The van der Waals surface area contributed by atoms with E-state index in [9.17, 15) is 9.59 Å². The van der Waals surface area contributed by atoms with Crippen molar-refractivity contribution in [2.24, 2.45) is 4.99 Å². The van der Waals surface area contributed by atoms with Crippen molar-refractivity contribution in [2.75, 3.05) is 0 Å². The number of aliphatic imine (C=N–C) groups is 1. The Labute approximate surface area is 182 Å². The summed E-state index contributed by atoms with van der Waals surface area (Å²) in [6, 6.07) is 15.4. The molecule has 2 aromatic carbocycles. The molecule has 4 rings (SSSR count). The molecule has 0 fully saturated rings. The number of carbonyl (C=O) groups is 2. The molecule has 0 bridgehead atoms. The van der Waals surface area contributed by atoms with Crippen LogP contribution in [0.15, 0.2) is 84.9 Å². The fraction of sp³-hybridized carbons (Fsp3) is 0. The first kappa shape index (κ1) is 19.4. The molecule has 0 amide bonds. The van der Waals surface area contributed by atoms with E-state index in [0.29, 0.717) is 11.1 Å². The van der Waals surface area contributed by atoms with Gasteiger partial charge in [0.15, 0.2) is 5.70 Å². The molecule has 29 heavy (non-hydrogen) atoms. The SMILES string of the molecule is O=C1OC(c2ccc(Br)cc2)=N/C1=C/c1cc(Br)ccc1OC(=O)c1ccco1. The summed E-state index contributed by atoms with van der Waals surface area (Å²) >= 11 is 6.74. The van der Waals surface area contributed by atoms with Crippen LogP contribution in [0.25, 0.3) is 6.08 Å². The molecule has 0 saturated carbocycles. The Bertz CT molecular complexity index is 1150. The third kappa shape index (κ3) is 4.38. The third-order valence-corrected chi connectivity index (χ3v) is 4.92. The highest BCUT2D eigenvalue weighted by atomic mass is 79.9. The van der Waals surface area contributed by atoms with Crippen LogP contribution in [0.5, 0.6) is 5.75 Å². The molecular weight excluding hydrogens is 506 g/mol. The van der Waals surface area contributed by atoms with Gasteiger partial charge in [-0.2, -0.15) is 0 Å². The Morgan fingerprint density at radius 3 is 2.52 bits per heavy atom. The number of halogens is 2. The zero-order chi connectivity index (χ0) is 20.4. The molecule has 0 atom stereocenters. The zero-order valence-corrected chi connectivity index (χ0v) is 17.8. The number of hydrogen-bond donors (Lipinski definition) is 0. The number of hydrogen-bond acceptors (Lipinski definition) is 6. The quantitative estimate of drug-likeness (QED) is 0.265. The Balaban J connectivity index is 1.66. The lowest BCUT2D eigenvalue weighted by molar-refractivity contribution is -0.129. The van der Waals surface area contributed by atoms with E-state index >= 15 is 0 Å². The van der Waals surface area contributed by atoms with Crippen molar-refractivity contribution in [2.45, 2.75) is 0 Å². The summed E-state index contributed by atoms with van der Waals surface area (Å²) in [5.74, 6) is -0.710. The van der Waals surface area contributed by atoms with Crippen LogP contribution in [0, 0.1) is 0 Å². The molecule has 1 aliphatic heterocycles. The van der Waals surface area contributed by atoms with Crippen molar-refractivity contribution >= 4 is 55.8 Å². The van der Waals surface area contributed by atoms with E-state index in [2.05, 4.69) is 36.9 Å². The molecule has 0 aliphatic carbocycles. The minimum atomic E-state index is -0.648. The second-order valence-electron chi connectivity index (χ2n) is 5.89. The number of ether oxygens (including phenoxy) is 2. The van der Waals surface area contributed by atoms with Crippen molar-refractivity contribution < 1.29 is 23.5 Å². The molecule has 6 nitrogen and oxygen atoms in total. The molecule has 3 aromatic rings. The zero-order valence-electron chi connectivity index (χ0n) is 14.6. The molecule has 2 heterocycles. The fourth-order valence-electron chi connectivity index (χ4n) is 2.54. The molecule has 1 aromatic heterocycles. The second kappa shape index (κ2) is 8.18. The maximum atomic E-state index is 12.3. The Kier molecular flexibility index (Phi) is 5.46. The van der Waals surface area contributed by atoms with Crippen molar-refractivity contribution in [1.82, 2.24) is 0 Å². The predicted molar refractivity (Wildman–Crippen MR) is 113 cm³/mol. The number of furan rings is 1. The summed E-state index contributed by atoms with van der Waals surface area (Å²) < 4.78 is 17.4. The van der Waals surface area contributed by atoms with Gasteiger partial charge >= 0.3 is 11.9 Å². The number of rotatable bonds is 4. The van der Waals surface area contributed by atoms with Crippen LogP contribution in [0.3, 0.4) is 0 Å². The van der Waals surface area contributed by atoms with E-state index < -0.39 is 11.9 Å². The first-order chi connectivity index (χ1) is 14.0. The predicted octanol–water partition coefficient (Wildman–Crippen LogP) is 5.37. The van der Waals surface area contributed by atoms with Gasteiger partial charge < -0.3 is 13.9 Å². The minimum absolute atomic E-state index is 0.0716. The monoisotopic (exact) mass is 515 g/mol. The topological polar surface area (TPSA) is 78.1 Å². The van der Waals surface area contributed by atoms with Gasteiger partial charge in [0.05, 0.1) is 6.26 Å². The van der Waals surface area contributed by atoms with Crippen molar-refractivity contribution in [1.29, 1.82) is 0 Å². The van der Waals surface area contributed by atoms with E-state index in [-0.39, 0.29) is 23.1 Å². The highest BCUT2D eigenvalue weighted by Gasteiger charge is 2.25. The molecule has 0 radical (unpaired) electrons. The average molecular weight is 517 g/mol. The largest absolute Gasteiger partial charge is 0.457 e. The summed E-state index contributed by atoms with van der Waals surface area (Å²) in [7, 11) is 0. The van der Waals surface area contributed by atoms with Crippen LogP contribution in [0.1, 0.15) is 21.7 Å². The molecular formula is C21H11Br2NO5. The van der Waals surface area contributed by atoms with Gasteiger partial charge in [0.25, 0.3) is 0 Å². The maximum absolute atomic E-state index is 12.3. The fourth-order valence-corrected chi connectivity index (χ4v) is 3.19. The Morgan fingerprint density at radius 1 is 1.03 bits per heavy atom. The number of carbonyl (C=O) groups excluding carboxylic acids is 2. The lowest BCUT2D eigenvalue weighted by atomic mass is 10.1. The second-order valence-corrected chi connectivity index (χ2v) is 7.72. The molecule has 8 heteroatoms. The van der Waals surface area contributed by atoms with Crippen molar-refractivity contribution in [3.8, 4) is 5.75 Å². The Morgan fingerprint density at radius 2 is 1.79 bits per heavy atom. The van der Waals surface area contributed by atoms with Crippen LogP contribution >= 0.6 is 31.9 Å². The molecule has 1 aliphatic rings. The third-order valence-electron chi connectivity index (χ3n) is 3.90. The summed E-state index contributed by atoms with van der Waals surface area (Å²) in [4.78, 5) is 28.8. The number of nitrogens with zero attached hydrogens (tertiary/aromatic N) is 1.